The van der Waals surface area contributed by atoms with E-state index in [-0.39, 0.29) is 24.4 Å². The number of rotatable bonds is 5. The summed E-state index contributed by atoms with van der Waals surface area (Å²) in [7, 11) is 0. The number of halogens is 1. The number of carbonyl (C=O) groups excluding carboxylic acids is 1. The van der Waals surface area contributed by atoms with E-state index in [2.05, 4.69) is 10.6 Å². The van der Waals surface area contributed by atoms with E-state index in [1.165, 1.54) is 0 Å². The smallest absolute Gasteiger partial charge is 0.241 e. The number of ether oxygens (including phenoxy) is 1. The summed E-state index contributed by atoms with van der Waals surface area (Å²) in [6.45, 7) is 3.44. The zero-order valence-electron chi connectivity index (χ0n) is 13.7. The van der Waals surface area contributed by atoms with Crippen molar-refractivity contribution in [3.63, 3.8) is 0 Å². The van der Waals surface area contributed by atoms with Gasteiger partial charge in [-0.05, 0) is 55.6 Å². The lowest BCUT2D eigenvalue weighted by Crippen LogP contribution is -2.35. The normalized spacial score (nSPS) is 16.3. The summed E-state index contributed by atoms with van der Waals surface area (Å²) >= 11 is 0. The number of hydrogen-bond acceptors (Lipinski definition) is 3. The van der Waals surface area contributed by atoms with E-state index >= 15 is 0 Å². The van der Waals surface area contributed by atoms with Crippen LogP contribution in [0, 0.1) is 6.92 Å². The lowest BCUT2D eigenvalue weighted by molar-refractivity contribution is -0.117. The summed E-state index contributed by atoms with van der Waals surface area (Å²) in [5.74, 6) is 0.854. The van der Waals surface area contributed by atoms with Crippen molar-refractivity contribution in [2.24, 2.45) is 0 Å². The van der Waals surface area contributed by atoms with Gasteiger partial charge in [-0.3, -0.25) is 4.79 Å². The second kappa shape index (κ2) is 8.71. The van der Waals surface area contributed by atoms with Crippen LogP contribution in [0.15, 0.2) is 48.5 Å². The highest BCUT2D eigenvalue weighted by molar-refractivity contribution is 5.95. The maximum atomic E-state index is 12.2. The number of benzene rings is 2. The number of aryl methyl sites for hydroxylation is 1. The highest BCUT2D eigenvalue weighted by Gasteiger charge is 2.22. The Morgan fingerprint density at radius 3 is 2.71 bits per heavy atom. The lowest BCUT2D eigenvalue weighted by atomic mass is 10.1. The van der Waals surface area contributed by atoms with Crippen LogP contribution in [0.5, 0.6) is 5.75 Å². The fourth-order valence-electron chi connectivity index (χ4n) is 2.74. The van der Waals surface area contributed by atoms with Crippen molar-refractivity contribution in [2.45, 2.75) is 32.4 Å². The summed E-state index contributed by atoms with van der Waals surface area (Å²) in [4.78, 5) is 12.2. The Morgan fingerprint density at radius 2 is 2.04 bits per heavy atom. The van der Waals surface area contributed by atoms with Crippen molar-refractivity contribution >= 4 is 24.0 Å². The van der Waals surface area contributed by atoms with Crippen LogP contribution >= 0.6 is 12.4 Å². The second-order valence-corrected chi connectivity index (χ2v) is 5.89. The molecule has 0 bridgehead atoms. The minimum Gasteiger partial charge on any atom is -0.489 e. The van der Waals surface area contributed by atoms with Crippen LogP contribution in [0.1, 0.15) is 24.0 Å². The monoisotopic (exact) mass is 346 g/mol. The van der Waals surface area contributed by atoms with Crippen molar-refractivity contribution in [2.75, 3.05) is 11.9 Å². The molecule has 1 saturated heterocycles. The average Bonchev–Trinajstić information content (AvgIpc) is 3.11. The third kappa shape index (κ3) is 4.73. The molecule has 5 heteroatoms. The first-order chi connectivity index (χ1) is 11.2. The Bertz CT molecular complexity index is 670. The first-order valence-corrected chi connectivity index (χ1v) is 8.04. The van der Waals surface area contributed by atoms with Gasteiger partial charge >= 0.3 is 0 Å². The molecule has 0 saturated carbocycles. The summed E-state index contributed by atoms with van der Waals surface area (Å²) in [5, 5.41) is 6.21. The van der Waals surface area contributed by atoms with Gasteiger partial charge in [0.05, 0.1) is 6.04 Å². The number of hydrogen-bond donors (Lipinski definition) is 2. The number of anilines is 1. The number of amides is 1. The molecule has 1 unspecified atom stereocenters. The van der Waals surface area contributed by atoms with Crippen LogP contribution in [-0.2, 0) is 11.4 Å². The van der Waals surface area contributed by atoms with Gasteiger partial charge in [0.2, 0.25) is 5.91 Å². The Hall–Kier alpha value is -2.04. The minimum absolute atomic E-state index is 0. The van der Waals surface area contributed by atoms with Crippen molar-refractivity contribution in [3.8, 4) is 5.75 Å². The van der Waals surface area contributed by atoms with Gasteiger partial charge in [0.1, 0.15) is 12.4 Å². The SMILES string of the molecule is Cc1cc(OCc2ccccc2)ccc1NC(=O)C1CCCN1.Cl. The molecular weight excluding hydrogens is 324 g/mol. The van der Waals surface area contributed by atoms with E-state index in [4.69, 9.17) is 4.74 Å². The Labute approximate surface area is 149 Å². The van der Waals surface area contributed by atoms with Gasteiger partial charge in [-0.1, -0.05) is 30.3 Å². The van der Waals surface area contributed by atoms with Crippen molar-refractivity contribution < 1.29 is 9.53 Å². The fraction of sp³-hybridized carbons (Fsp3) is 0.316. The molecule has 128 valence electrons. The molecule has 2 N–H and O–H groups in total. The first kappa shape index (κ1) is 18.3. The van der Waals surface area contributed by atoms with Gasteiger partial charge in [0.15, 0.2) is 0 Å². The third-order valence-electron chi connectivity index (χ3n) is 4.08. The van der Waals surface area contributed by atoms with Crippen LogP contribution in [0.3, 0.4) is 0 Å². The van der Waals surface area contributed by atoms with Crippen molar-refractivity contribution in [3.05, 3.63) is 59.7 Å². The van der Waals surface area contributed by atoms with Gasteiger partial charge in [-0.2, -0.15) is 0 Å². The predicted molar refractivity (Wildman–Crippen MR) is 98.9 cm³/mol. The highest BCUT2D eigenvalue weighted by Crippen LogP contribution is 2.23. The zero-order valence-corrected chi connectivity index (χ0v) is 14.6. The molecule has 24 heavy (non-hydrogen) atoms. The molecule has 1 fully saturated rings. The molecule has 0 spiro atoms. The first-order valence-electron chi connectivity index (χ1n) is 8.04. The summed E-state index contributed by atoms with van der Waals surface area (Å²) in [6, 6.07) is 15.8. The van der Waals surface area contributed by atoms with E-state index in [0.717, 1.165) is 42.0 Å². The molecule has 2 aromatic rings. The van der Waals surface area contributed by atoms with E-state index < -0.39 is 0 Å². The molecule has 1 amide bonds. The van der Waals surface area contributed by atoms with Gasteiger partial charge in [0.25, 0.3) is 0 Å². The lowest BCUT2D eigenvalue weighted by Gasteiger charge is -2.14. The highest BCUT2D eigenvalue weighted by atomic mass is 35.5. The molecule has 1 atom stereocenters. The Balaban J connectivity index is 0.00000208. The molecule has 1 aliphatic heterocycles. The molecule has 3 rings (SSSR count). The number of nitrogens with one attached hydrogen (secondary N) is 2. The van der Waals surface area contributed by atoms with Crippen molar-refractivity contribution in [1.29, 1.82) is 0 Å². The van der Waals surface area contributed by atoms with Crippen LogP contribution in [0.25, 0.3) is 0 Å². The second-order valence-electron chi connectivity index (χ2n) is 5.89. The molecule has 0 radical (unpaired) electrons. The quantitative estimate of drug-likeness (QED) is 0.868. The van der Waals surface area contributed by atoms with Gasteiger partial charge in [0, 0.05) is 5.69 Å². The summed E-state index contributed by atoms with van der Waals surface area (Å²) in [5.41, 5.74) is 2.98. The number of carbonyl (C=O) groups is 1. The third-order valence-corrected chi connectivity index (χ3v) is 4.08. The van der Waals surface area contributed by atoms with Gasteiger partial charge in [-0.15, -0.1) is 12.4 Å². The maximum Gasteiger partial charge on any atom is 0.241 e. The maximum absolute atomic E-state index is 12.2. The Kier molecular flexibility index (Phi) is 6.64. The van der Waals surface area contributed by atoms with Gasteiger partial charge < -0.3 is 15.4 Å². The zero-order chi connectivity index (χ0) is 16.1. The van der Waals surface area contributed by atoms with E-state index in [1.807, 2.05) is 55.5 Å². The van der Waals surface area contributed by atoms with Crippen LogP contribution in [-0.4, -0.2) is 18.5 Å². The topological polar surface area (TPSA) is 50.4 Å². The van der Waals surface area contributed by atoms with Crippen LogP contribution in [0.2, 0.25) is 0 Å². The van der Waals surface area contributed by atoms with E-state index in [1.54, 1.807) is 0 Å². The summed E-state index contributed by atoms with van der Waals surface area (Å²) < 4.78 is 5.81. The Morgan fingerprint density at radius 1 is 1.25 bits per heavy atom. The standard InChI is InChI=1S/C19H22N2O2.ClH/c1-14-12-16(23-13-15-6-3-2-4-7-15)9-10-17(14)21-19(22)18-8-5-11-20-18;/h2-4,6-7,9-10,12,18,20H,5,8,11,13H2,1H3,(H,21,22);1H. The van der Waals surface area contributed by atoms with Gasteiger partial charge in [-0.25, -0.2) is 0 Å². The van der Waals surface area contributed by atoms with E-state index in [0.29, 0.717) is 6.61 Å². The van der Waals surface area contributed by atoms with Crippen molar-refractivity contribution in [1.82, 2.24) is 5.32 Å². The van der Waals surface area contributed by atoms with E-state index in [9.17, 15) is 4.79 Å². The largest absolute Gasteiger partial charge is 0.489 e. The average molecular weight is 347 g/mol. The molecular formula is C19H23ClN2O2. The minimum atomic E-state index is -0.0663. The molecule has 0 aromatic heterocycles. The van der Waals surface area contributed by atoms with Crippen LogP contribution < -0.4 is 15.4 Å². The molecule has 1 aliphatic rings. The molecule has 1 heterocycles. The summed E-state index contributed by atoms with van der Waals surface area (Å²) in [6.07, 6.45) is 1.96. The van der Waals surface area contributed by atoms with Crippen LogP contribution in [0.4, 0.5) is 5.69 Å². The molecule has 0 aliphatic carbocycles. The molecule has 4 nitrogen and oxygen atoms in total. The fourth-order valence-corrected chi connectivity index (χ4v) is 2.74. The molecule has 2 aromatic carbocycles. The predicted octanol–water partition coefficient (Wildman–Crippen LogP) is 3.69.